The number of piperidine rings is 1. The molecule has 2 aromatic carbocycles. The van der Waals surface area contributed by atoms with Gasteiger partial charge in [-0.25, -0.2) is 0 Å². The van der Waals surface area contributed by atoms with E-state index in [0.717, 1.165) is 54.9 Å². The second-order valence-corrected chi connectivity index (χ2v) is 7.85. The Morgan fingerprint density at radius 3 is 2.33 bits per heavy atom. The first kappa shape index (κ1) is 19.9. The second kappa shape index (κ2) is 9.93. The van der Waals surface area contributed by atoms with Crippen LogP contribution in [0.2, 0.25) is 5.02 Å². The summed E-state index contributed by atoms with van der Waals surface area (Å²) < 4.78 is 5.18. The highest BCUT2D eigenvalue weighted by Gasteiger charge is 2.22. The van der Waals surface area contributed by atoms with Crippen molar-refractivity contribution in [1.29, 1.82) is 0 Å². The summed E-state index contributed by atoms with van der Waals surface area (Å²) in [6, 6.07) is 16.7. The number of nitrogens with one attached hydrogen (secondary N) is 3. The predicted molar refractivity (Wildman–Crippen MR) is 114 cm³/mol. The smallest absolute Gasteiger partial charge is 0.166 e. The van der Waals surface area contributed by atoms with E-state index in [1.54, 1.807) is 12.0 Å². The Morgan fingerprint density at radius 1 is 1.07 bits per heavy atom. The predicted octanol–water partition coefficient (Wildman–Crippen LogP) is 2.56. The van der Waals surface area contributed by atoms with E-state index in [4.69, 9.17) is 28.6 Å². The lowest BCUT2D eigenvalue weighted by Gasteiger charge is -2.30. The largest absolute Gasteiger partial charge is 0.497 e. The van der Waals surface area contributed by atoms with Gasteiger partial charge in [0.25, 0.3) is 0 Å². The van der Waals surface area contributed by atoms with Crippen molar-refractivity contribution >= 4 is 28.9 Å². The lowest BCUT2D eigenvalue weighted by Crippen LogP contribution is -3.12. The van der Waals surface area contributed by atoms with Crippen LogP contribution in [-0.2, 0) is 13.1 Å². The van der Waals surface area contributed by atoms with Crippen LogP contribution in [0.3, 0.4) is 0 Å². The van der Waals surface area contributed by atoms with Crippen LogP contribution in [0.25, 0.3) is 0 Å². The molecule has 0 saturated carbocycles. The number of thiocarbonyl (C=S) groups is 1. The van der Waals surface area contributed by atoms with Crippen molar-refractivity contribution in [2.45, 2.75) is 32.0 Å². The third-order valence-electron chi connectivity index (χ3n) is 5.01. The van der Waals surface area contributed by atoms with Gasteiger partial charge in [0, 0.05) is 36.0 Å². The highest BCUT2D eigenvalue weighted by atomic mass is 35.5. The van der Waals surface area contributed by atoms with Gasteiger partial charge >= 0.3 is 0 Å². The van der Waals surface area contributed by atoms with Crippen molar-refractivity contribution in [2.24, 2.45) is 0 Å². The SMILES string of the molecule is COc1ccc(CNC(=S)NC2CC[NH+](Cc3ccc(Cl)cc3)CC2)cc1. The number of methoxy groups -OCH3 is 1. The molecule has 0 spiro atoms. The van der Waals surface area contributed by atoms with Crippen LogP contribution in [0.1, 0.15) is 24.0 Å². The monoisotopic (exact) mass is 404 g/mol. The van der Waals surface area contributed by atoms with Crippen molar-refractivity contribution in [1.82, 2.24) is 10.6 Å². The minimum atomic E-state index is 0.454. The number of hydrogen-bond acceptors (Lipinski definition) is 2. The molecule has 6 heteroatoms. The minimum Gasteiger partial charge on any atom is -0.497 e. The molecule has 27 heavy (non-hydrogen) atoms. The summed E-state index contributed by atoms with van der Waals surface area (Å²) in [4.78, 5) is 1.62. The molecule has 1 aliphatic rings. The summed E-state index contributed by atoms with van der Waals surface area (Å²) in [5, 5.41) is 8.30. The van der Waals surface area contributed by atoms with Crippen LogP contribution in [0.15, 0.2) is 48.5 Å². The Labute approximate surface area is 171 Å². The zero-order chi connectivity index (χ0) is 19.1. The molecule has 1 heterocycles. The summed E-state index contributed by atoms with van der Waals surface area (Å²) in [6.07, 6.45) is 2.26. The fourth-order valence-corrected chi connectivity index (χ4v) is 3.77. The number of quaternary nitrogens is 1. The summed E-state index contributed by atoms with van der Waals surface area (Å²) in [5.74, 6) is 0.868. The van der Waals surface area contributed by atoms with E-state index in [0.29, 0.717) is 6.04 Å². The van der Waals surface area contributed by atoms with Gasteiger partial charge in [-0.15, -0.1) is 0 Å². The number of rotatable bonds is 6. The van der Waals surface area contributed by atoms with Crippen LogP contribution in [0, 0.1) is 0 Å². The van der Waals surface area contributed by atoms with E-state index in [-0.39, 0.29) is 0 Å². The molecule has 0 radical (unpaired) electrons. The van der Waals surface area contributed by atoms with Gasteiger partial charge in [0.15, 0.2) is 5.11 Å². The van der Waals surface area contributed by atoms with E-state index >= 15 is 0 Å². The fraction of sp³-hybridized carbons (Fsp3) is 0.381. The summed E-state index contributed by atoms with van der Waals surface area (Å²) >= 11 is 11.4. The van der Waals surface area contributed by atoms with Crippen LogP contribution >= 0.6 is 23.8 Å². The number of halogens is 1. The average molecular weight is 405 g/mol. The van der Waals surface area contributed by atoms with Gasteiger partial charge in [-0.05, 0) is 42.0 Å². The van der Waals surface area contributed by atoms with Gasteiger partial charge in [-0.2, -0.15) is 0 Å². The van der Waals surface area contributed by atoms with Gasteiger partial charge in [-0.3, -0.25) is 0 Å². The van der Waals surface area contributed by atoms with Crippen LogP contribution in [0.5, 0.6) is 5.75 Å². The molecular weight excluding hydrogens is 378 g/mol. The maximum absolute atomic E-state index is 5.96. The van der Waals surface area contributed by atoms with E-state index < -0.39 is 0 Å². The van der Waals surface area contributed by atoms with Crippen molar-refractivity contribution in [2.75, 3.05) is 20.2 Å². The zero-order valence-corrected chi connectivity index (χ0v) is 17.2. The maximum Gasteiger partial charge on any atom is 0.166 e. The van der Waals surface area contributed by atoms with Gasteiger partial charge in [0.05, 0.1) is 20.2 Å². The topological polar surface area (TPSA) is 37.7 Å². The van der Waals surface area contributed by atoms with Crippen molar-refractivity contribution in [3.8, 4) is 5.75 Å². The molecule has 2 aromatic rings. The molecule has 1 aliphatic heterocycles. The third-order valence-corrected chi connectivity index (χ3v) is 5.52. The van der Waals surface area contributed by atoms with Crippen molar-refractivity contribution < 1.29 is 9.64 Å². The van der Waals surface area contributed by atoms with Crippen LogP contribution < -0.4 is 20.3 Å². The second-order valence-electron chi connectivity index (χ2n) is 7.00. The molecule has 1 fully saturated rings. The van der Waals surface area contributed by atoms with Gasteiger partial charge in [-0.1, -0.05) is 35.9 Å². The van der Waals surface area contributed by atoms with Gasteiger partial charge in [0.2, 0.25) is 0 Å². The molecule has 0 amide bonds. The minimum absolute atomic E-state index is 0.454. The molecule has 0 atom stereocenters. The molecule has 0 unspecified atom stereocenters. The van der Waals surface area contributed by atoms with E-state index in [1.165, 1.54) is 11.1 Å². The summed E-state index contributed by atoms with van der Waals surface area (Å²) in [7, 11) is 1.68. The fourth-order valence-electron chi connectivity index (χ4n) is 3.40. The zero-order valence-electron chi connectivity index (χ0n) is 15.6. The third kappa shape index (κ3) is 6.38. The van der Waals surface area contributed by atoms with E-state index in [2.05, 4.69) is 22.8 Å². The first-order chi connectivity index (χ1) is 13.1. The summed E-state index contributed by atoms with van der Waals surface area (Å²) in [6.45, 7) is 4.09. The molecule has 144 valence electrons. The molecule has 0 aliphatic carbocycles. The van der Waals surface area contributed by atoms with Crippen molar-refractivity contribution in [3.05, 3.63) is 64.7 Å². The highest BCUT2D eigenvalue weighted by molar-refractivity contribution is 7.80. The molecule has 3 N–H and O–H groups in total. The number of ether oxygens (including phenoxy) is 1. The Bertz CT molecular complexity index is 728. The molecule has 1 saturated heterocycles. The Morgan fingerprint density at radius 2 is 1.70 bits per heavy atom. The quantitative estimate of drug-likeness (QED) is 0.647. The maximum atomic E-state index is 5.96. The normalized spacial score (nSPS) is 19.3. The molecule has 0 bridgehead atoms. The number of likely N-dealkylation sites (tertiary alicyclic amines) is 1. The Kier molecular flexibility index (Phi) is 7.33. The summed E-state index contributed by atoms with van der Waals surface area (Å²) in [5.41, 5.74) is 2.53. The molecule has 3 rings (SSSR count). The van der Waals surface area contributed by atoms with Crippen molar-refractivity contribution in [3.63, 3.8) is 0 Å². The average Bonchev–Trinajstić information content (AvgIpc) is 2.70. The van der Waals surface area contributed by atoms with Crippen LogP contribution in [-0.4, -0.2) is 31.4 Å². The lowest BCUT2D eigenvalue weighted by atomic mass is 10.0. The lowest BCUT2D eigenvalue weighted by molar-refractivity contribution is -0.918. The first-order valence-electron chi connectivity index (χ1n) is 9.37. The molecule has 4 nitrogen and oxygen atoms in total. The molecular formula is C21H27ClN3OS+. The number of benzene rings is 2. The van der Waals surface area contributed by atoms with Gasteiger partial charge < -0.3 is 20.3 Å². The van der Waals surface area contributed by atoms with E-state index in [9.17, 15) is 0 Å². The van der Waals surface area contributed by atoms with Crippen LogP contribution in [0.4, 0.5) is 0 Å². The van der Waals surface area contributed by atoms with E-state index in [1.807, 2.05) is 36.4 Å². The highest BCUT2D eigenvalue weighted by Crippen LogP contribution is 2.11. The van der Waals surface area contributed by atoms with Gasteiger partial charge in [0.1, 0.15) is 12.3 Å². The first-order valence-corrected chi connectivity index (χ1v) is 10.2. The Hall–Kier alpha value is -1.82. The Balaban J connectivity index is 1.36. The number of hydrogen-bond donors (Lipinski definition) is 3. The standard InChI is InChI=1S/C21H26ClN3OS/c1-26-20-8-4-16(5-9-20)14-23-21(27)24-19-10-12-25(13-11-19)15-17-2-6-18(22)7-3-17/h2-9,19H,10-15H2,1H3,(H2,23,24,27)/p+1. The molecule has 0 aromatic heterocycles.